The van der Waals surface area contributed by atoms with Gasteiger partial charge in [-0.15, -0.1) is 11.8 Å². The first kappa shape index (κ1) is 21.9. The molecule has 0 fully saturated rings. The van der Waals surface area contributed by atoms with E-state index in [0.717, 1.165) is 33.3 Å². The molecule has 4 rings (SSSR count). The Morgan fingerprint density at radius 1 is 1.06 bits per heavy atom. The number of pyridine rings is 1. The highest BCUT2D eigenvalue weighted by Gasteiger charge is 2.26. The summed E-state index contributed by atoms with van der Waals surface area (Å²) in [5.74, 6) is 0.646. The molecule has 0 spiro atoms. The molecule has 164 valence electrons. The molecule has 0 saturated heterocycles. The number of aromatic nitrogens is 1. The summed E-state index contributed by atoms with van der Waals surface area (Å²) in [4.78, 5) is 31.9. The highest BCUT2D eigenvalue weighted by atomic mass is 32.2. The second kappa shape index (κ2) is 9.44. The lowest BCUT2D eigenvalue weighted by Gasteiger charge is -2.30. The van der Waals surface area contributed by atoms with E-state index in [1.165, 1.54) is 0 Å². The average molecular weight is 447 g/mol. The number of carbonyl (C=O) groups excluding carboxylic acids is 2. The third-order valence-electron chi connectivity index (χ3n) is 5.39. The van der Waals surface area contributed by atoms with Crippen molar-refractivity contribution in [2.24, 2.45) is 0 Å². The van der Waals surface area contributed by atoms with Crippen molar-refractivity contribution in [3.05, 3.63) is 83.0 Å². The Morgan fingerprint density at radius 2 is 1.78 bits per heavy atom. The Kier molecular flexibility index (Phi) is 6.46. The van der Waals surface area contributed by atoms with Gasteiger partial charge in [-0.2, -0.15) is 0 Å². The summed E-state index contributed by atoms with van der Waals surface area (Å²) in [6.07, 6.45) is 0. The first-order valence-corrected chi connectivity index (χ1v) is 11.6. The van der Waals surface area contributed by atoms with Crippen molar-refractivity contribution < 1.29 is 9.59 Å². The molecule has 6 nitrogen and oxygen atoms in total. The topological polar surface area (TPSA) is 74.3 Å². The van der Waals surface area contributed by atoms with Crippen LogP contribution in [0.4, 0.5) is 16.2 Å². The standard InChI is InChI=1S/C25H26N4O2S/c1-16-15-17(2)26-24-22(16)29(13-14-32-24)25(31)28-21-11-9-20(10-12-21)23(30)27-18(3)19-7-5-4-6-8-19/h4-12,15,18H,13-14H2,1-3H3,(H,27,30)(H,28,31)/t18-/m1/s1. The molecule has 1 aliphatic heterocycles. The lowest BCUT2D eigenvalue weighted by atomic mass is 10.1. The minimum absolute atomic E-state index is 0.0967. The maximum absolute atomic E-state index is 13.0. The van der Waals surface area contributed by atoms with Crippen molar-refractivity contribution in [2.45, 2.75) is 31.8 Å². The van der Waals surface area contributed by atoms with Crippen LogP contribution in [0.5, 0.6) is 0 Å². The minimum Gasteiger partial charge on any atom is -0.346 e. The zero-order valence-electron chi connectivity index (χ0n) is 18.4. The summed E-state index contributed by atoms with van der Waals surface area (Å²) in [6, 6.07) is 18.5. The highest BCUT2D eigenvalue weighted by Crippen LogP contribution is 2.36. The summed E-state index contributed by atoms with van der Waals surface area (Å²) in [5, 5.41) is 6.84. The summed E-state index contributed by atoms with van der Waals surface area (Å²) in [5.41, 5.74) is 5.09. The van der Waals surface area contributed by atoms with Crippen LogP contribution in [0, 0.1) is 13.8 Å². The molecule has 32 heavy (non-hydrogen) atoms. The van der Waals surface area contributed by atoms with Crippen LogP contribution in [-0.2, 0) is 0 Å². The lowest BCUT2D eigenvalue weighted by Crippen LogP contribution is -2.39. The second-order valence-corrected chi connectivity index (χ2v) is 8.93. The van der Waals surface area contributed by atoms with Crippen LogP contribution in [-0.4, -0.2) is 29.2 Å². The summed E-state index contributed by atoms with van der Waals surface area (Å²) >= 11 is 1.68. The Labute approximate surface area is 192 Å². The van der Waals surface area contributed by atoms with Gasteiger partial charge in [0, 0.05) is 29.2 Å². The van der Waals surface area contributed by atoms with Crippen LogP contribution in [0.15, 0.2) is 65.7 Å². The van der Waals surface area contributed by atoms with Gasteiger partial charge >= 0.3 is 6.03 Å². The molecule has 1 aliphatic rings. The van der Waals surface area contributed by atoms with E-state index in [1.54, 1.807) is 40.9 Å². The van der Waals surface area contributed by atoms with Crippen LogP contribution < -0.4 is 15.5 Å². The number of nitrogens with one attached hydrogen (secondary N) is 2. The van der Waals surface area contributed by atoms with Crippen molar-refractivity contribution in [2.75, 3.05) is 22.5 Å². The number of anilines is 2. The average Bonchev–Trinajstić information content (AvgIpc) is 2.79. The van der Waals surface area contributed by atoms with E-state index in [1.807, 2.05) is 57.2 Å². The van der Waals surface area contributed by atoms with Crippen LogP contribution in [0.25, 0.3) is 0 Å². The van der Waals surface area contributed by atoms with Gasteiger partial charge in [0.1, 0.15) is 5.03 Å². The SMILES string of the molecule is Cc1cc(C)c2c(n1)SCCN2C(=O)Nc1ccc(C(=O)N[C@H](C)c2ccccc2)cc1. The van der Waals surface area contributed by atoms with Gasteiger partial charge in [0.25, 0.3) is 5.91 Å². The molecule has 2 aromatic carbocycles. The normalized spacial score (nSPS) is 13.8. The van der Waals surface area contributed by atoms with Crippen LogP contribution >= 0.6 is 11.8 Å². The molecule has 2 N–H and O–H groups in total. The number of hydrogen-bond donors (Lipinski definition) is 2. The van der Waals surface area contributed by atoms with Gasteiger partial charge in [-0.1, -0.05) is 30.3 Å². The Hall–Kier alpha value is -3.32. The molecule has 0 radical (unpaired) electrons. The second-order valence-electron chi connectivity index (χ2n) is 7.85. The summed E-state index contributed by atoms with van der Waals surface area (Å²) < 4.78 is 0. The number of hydrogen-bond acceptors (Lipinski definition) is 4. The quantitative estimate of drug-likeness (QED) is 0.568. The summed E-state index contributed by atoms with van der Waals surface area (Å²) in [6.45, 7) is 6.54. The van der Waals surface area contributed by atoms with Crippen LogP contribution in [0.3, 0.4) is 0 Å². The third kappa shape index (κ3) is 4.78. The van der Waals surface area contributed by atoms with Crippen molar-refractivity contribution >= 4 is 35.1 Å². The van der Waals surface area contributed by atoms with E-state index in [9.17, 15) is 9.59 Å². The number of carbonyl (C=O) groups is 2. The van der Waals surface area contributed by atoms with E-state index in [0.29, 0.717) is 17.8 Å². The van der Waals surface area contributed by atoms with Crippen molar-refractivity contribution in [1.82, 2.24) is 10.3 Å². The molecule has 0 unspecified atom stereocenters. The van der Waals surface area contributed by atoms with Gasteiger partial charge in [-0.3, -0.25) is 9.69 Å². The van der Waals surface area contributed by atoms with Gasteiger partial charge in [0.15, 0.2) is 0 Å². The number of rotatable bonds is 4. The number of nitrogens with zero attached hydrogens (tertiary/aromatic N) is 2. The molecule has 1 aromatic heterocycles. The first-order chi connectivity index (χ1) is 15.4. The number of benzene rings is 2. The maximum Gasteiger partial charge on any atom is 0.326 e. The fourth-order valence-corrected chi connectivity index (χ4v) is 4.86. The fourth-order valence-electron chi connectivity index (χ4n) is 3.77. The maximum atomic E-state index is 13.0. The molecule has 0 bridgehead atoms. The van der Waals surface area contributed by atoms with Gasteiger partial charge < -0.3 is 10.6 Å². The largest absolute Gasteiger partial charge is 0.346 e. The number of urea groups is 1. The van der Waals surface area contributed by atoms with Crippen molar-refractivity contribution in [3.8, 4) is 0 Å². The zero-order chi connectivity index (χ0) is 22.7. The molecule has 0 aliphatic carbocycles. The first-order valence-electron chi connectivity index (χ1n) is 10.6. The summed E-state index contributed by atoms with van der Waals surface area (Å²) in [7, 11) is 0. The molecule has 3 amide bonds. The smallest absolute Gasteiger partial charge is 0.326 e. The van der Waals surface area contributed by atoms with Crippen LogP contribution in [0.2, 0.25) is 0 Å². The lowest BCUT2D eigenvalue weighted by molar-refractivity contribution is 0.0940. The number of aryl methyl sites for hydroxylation is 2. The van der Waals surface area contributed by atoms with E-state index < -0.39 is 0 Å². The predicted octanol–water partition coefficient (Wildman–Crippen LogP) is 5.33. The number of amides is 3. The van der Waals surface area contributed by atoms with E-state index in [4.69, 9.17) is 0 Å². The Morgan fingerprint density at radius 3 is 2.50 bits per heavy atom. The molecule has 3 aromatic rings. The van der Waals surface area contributed by atoms with Crippen LogP contribution in [0.1, 0.15) is 40.1 Å². The molecule has 7 heteroatoms. The van der Waals surface area contributed by atoms with Crippen molar-refractivity contribution in [3.63, 3.8) is 0 Å². The van der Waals surface area contributed by atoms with E-state index in [-0.39, 0.29) is 18.0 Å². The molecular weight excluding hydrogens is 420 g/mol. The van der Waals surface area contributed by atoms with E-state index in [2.05, 4.69) is 15.6 Å². The Balaban J connectivity index is 1.42. The van der Waals surface area contributed by atoms with Gasteiger partial charge in [0.05, 0.1) is 11.7 Å². The molecular formula is C25H26N4O2S. The van der Waals surface area contributed by atoms with Gasteiger partial charge in [0.2, 0.25) is 0 Å². The third-order valence-corrected chi connectivity index (χ3v) is 6.34. The van der Waals surface area contributed by atoms with E-state index >= 15 is 0 Å². The van der Waals surface area contributed by atoms with Crippen molar-refractivity contribution in [1.29, 1.82) is 0 Å². The highest BCUT2D eigenvalue weighted by molar-refractivity contribution is 7.99. The monoisotopic (exact) mass is 446 g/mol. The fraction of sp³-hybridized carbons (Fsp3) is 0.240. The number of thioether (sulfide) groups is 1. The zero-order valence-corrected chi connectivity index (χ0v) is 19.2. The van der Waals surface area contributed by atoms with Gasteiger partial charge in [-0.05, 0) is 62.2 Å². The molecule has 1 atom stereocenters. The van der Waals surface area contributed by atoms with Gasteiger partial charge in [-0.25, -0.2) is 9.78 Å². The molecule has 2 heterocycles. The Bertz CT molecular complexity index is 1130. The number of fused-ring (bicyclic) bond motifs is 1. The minimum atomic E-state index is -0.199. The predicted molar refractivity (Wildman–Crippen MR) is 130 cm³/mol. The molecule has 0 saturated carbocycles.